The van der Waals surface area contributed by atoms with Crippen LogP contribution in [0, 0.1) is 5.92 Å². The fourth-order valence-electron chi connectivity index (χ4n) is 4.15. The molecule has 2 aliphatic rings. The van der Waals surface area contributed by atoms with E-state index in [9.17, 15) is 13.2 Å². The summed E-state index contributed by atoms with van der Waals surface area (Å²) in [7, 11) is -3.36. The minimum atomic E-state index is -3.36. The van der Waals surface area contributed by atoms with Crippen LogP contribution in [0.3, 0.4) is 0 Å². The van der Waals surface area contributed by atoms with Crippen molar-refractivity contribution < 1.29 is 13.2 Å². The van der Waals surface area contributed by atoms with Gasteiger partial charge in [0.25, 0.3) is 0 Å². The summed E-state index contributed by atoms with van der Waals surface area (Å²) in [5, 5.41) is 6.62. The van der Waals surface area contributed by atoms with Gasteiger partial charge in [0.05, 0.1) is 18.0 Å². The molecule has 2 saturated heterocycles. The number of benzene rings is 1. The van der Waals surface area contributed by atoms with Crippen molar-refractivity contribution >= 4 is 34.0 Å². The Morgan fingerprint density at radius 2 is 1.85 bits per heavy atom. The molecule has 2 bridgehead atoms. The lowest BCUT2D eigenvalue weighted by Gasteiger charge is -2.29. The monoisotopic (exact) mass is 401 g/mol. The van der Waals surface area contributed by atoms with Gasteiger partial charge in [-0.2, -0.15) is 0 Å². The molecule has 0 radical (unpaired) electrons. The number of carbonyl (C=O) groups is 1. The smallest absolute Gasteiger partial charge is 0.229 e. The van der Waals surface area contributed by atoms with Crippen molar-refractivity contribution in [1.29, 1.82) is 0 Å². The maximum atomic E-state index is 12.5. The fourth-order valence-corrected chi connectivity index (χ4v) is 4.73. The molecule has 146 valence electrons. The van der Waals surface area contributed by atoms with Gasteiger partial charge in [-0.3, -0.25) is 9.52 Å². The molecule has 8 heteroatoms. The average molecular weight is 402 g/mol. The van der Waals surface area contributed by atoms with Crippen molar-refractivity contribution in [3.8, 4) is 0 Å². The first-order chi connectivity index (χ1) is 11.8. The van der Waals surface area contributed by atoms with E-state index < -0.39 is 10.0 Å². The molecule has 0 aliphatic carbocycles. The Labute approximate surface area is 162 Å². The van der Waals surface area contributed by atoms with Crippen LogP contribution < -0.4 is 15.4 Å². The molecule has 26 heavy (non-hydrogen) atoms. The molecule has 3 N–H and O–H groups in total. The van der Waals surface area contributed by atoms with E-state index in [0.717, 1.165) is 24.7 Å². The second-order valence-electron chi connectivity index (χ2n) is 7.43. The van der Waals surface area contributed by atoms with Gasteiger partial charge in [-0.05, 0) is 50.2 Å². The molecule has 2 aliphatic heterocycles. The number of sulfonamides is 1. The van der Waals surface area contributed by atoms with Crippen LogP contribution in [0.25, 0.3) is 0 Å². The predicted molar refractivity (Wildman–Crippen MR) is 106 cm³/mol. The van der Waals surface area contributed by atoms with Gasteiger partial charge in [-0.15, -0.1) is 12.4 Å². The zero-order chi connectivity index (χ0) is 18.0. The van der Waals surface area contributed by atoms with Crippen molar-refractivity contribution in [2.75, 3.05) is 11.0 Å². The third kappa shape index (κ3) is 5.59. The van der Waals surface area contributed by atoms with Gasteiger partial charge in [0.15, 0.2) is 0 Å². The minimum Gasteiger partial charge on any atom is -0.349 e. The highest BCUT2D eigenvalue weighted by Crippen LogP contribution is 2.33. The van der Waals surface area contributed by atoms with Gasteiger partial charge >= 0.3 is 0 Å². The van der Waals surface area contributed by atoms with E-state index in [1.165, 1.54) is 12.8 Å². The highest BCUT2D eigenvalue weighted by atomic mass is 35.5. The van der Waals surface area contributed by atoms with E-state index in [4.69, 9.17) is 0 Å². The molecule has 1 aromatic rings. The van der Waals surface area contributed by atoms with Gasteiger partial charge in [0.2, 0.25) is 15.9 Å². The number of carbonyl (C=O) groups excluding carboxylic acids is 1. The molecule has 3 rings (SSSR count). The van der Waals surface area contributed by atoms with Crippen molar-refractivity contribution in [3.05, 3.63) is 29.8 Å². The molecule has 0 saturated carbocycles. The molecule has 1 aromatic carbocycles. The fraction of sp³-hybridized carbons (Fsp3) is 0.611. The zero-order valence-corrected chi connectivity index (χ0v) is 16.8. The van der Waals surface area contributed by atoms with E-state index in [1.807, 2.05) is 19.1 Å². The minimum absolute atomic E-state index is 0. The third-order valence-electron chi connectivity index (χ3n) is 5.14. The summed E-state index contributed by atoms with van der Waals surface area (Å²) in [5.74, 6) is 0.475. The number of anilines is 1. The van der Waals surface area contributed by atoms with Gasteiger partial charge in [-0.25, -0.2) is 8.42 Å². The summed E-state index contributed by atoms with van der Waals surface area (Å²) >= 11 is 0. The normalized spacial score (nSPS) is 25.8. The zero-order valence-electron chi connectivity index (χ0n) is 15.2. The lowest BCUT2D eigenvalue weighted by Crippen LogP contribution is -2.40. The Morgan fingerprint density at radius 3 is 2.46 bits per heavy atom. The van der Waals surface area contributed by atoms with E-state index in [-0.39, 0.29) is 24.4 Å². The molecule has 2 heterocycles. The summed E-state index contributed by atoms with van der Waals surface area (Å²) in [4.78, 5) is 12.5. The van der Waals surface area contributed by atoms with E-state index in [2.05, 4.69) is 15.4 Å². The van der Waals surface area contributed by atoms with Crippen LogP contribution in [-0.4, -0.2) is 32.7 Å². The van der Waals surface area contributed by atoms with Crippen molar-refractivity contribution in [1.82, 2.24) is 10.6 Å². The topological polar surface area (TPSA) is 87.3 Å². The van der Waals surface area contributed by atoms with Gasteiger partial charge in [0, 0.05) is 18.5 Å². The Kier molecular flexibility index (Phi) is 6.93. The Balaban J connectivity index is 0.00000243. The van der Waals surface area contributed by atoms with Gasteiger partial charge in [0.1, 0.15) is 0 Å². The largest absolute Gasteiger partial charge is 0.349 e. The maximum absolute atomic E-state index is 12.5. The third-order valence-corrected chi connectivity index (χ3v) is 5.74. The van der Waals surface area contributed by atoms with Crippen LogP contribution in [0.15, 0.2) is 24.3 Å². The number of halogens is 1. The molecule has 3 atom stereocenters. The van der Waals surface area contributed by atoms with E-state index in [0.29, 0.717) is 30.1 Å². The van der Waals surface area contributed by atoms with Gasteiger partial charge < -0.3 is 10.6 Å². The number of rotatable bonds is 6. The lowest BCUT2D eigenvalue weighted by molar-refractivity contribution is -0.122. The molecule has 1 amide bonds. The number of hydrogen-bond donors (Lipinski definition) is 3. The van der Waals surface area contributed by atoms with Crippen molar-refractivity contribution in [2.45, 2.75) is 57.2 Å². The number of amides is 1. The Morgan fingerprint density at radius 1 is 1.23 bits per heavy atom. The summed E-state index contributed by atoms with van der Waals surface area (Å²) in [6, 6.07) is 8.07. The molecule has 2 fully saturated rings. The molecular weight excluding hydrogens is 374 g/mol. The molecule has 6 nitrogen and oxygen atoms in total. The SMILES string of the molecule is CC(NC(=O)CC1CC2CCC(C1)N2)c1ccccc1NS(C)(=O)=O.Cl. The number of nitrogens with one attached hydrogen (secondary N) is 3. The van der Waals surface area contributed by atoms with E-state index >= 15 is 0 Å². The van der Waals surface area contributed by atoms with Crippen LogP contribution in [0.4, 0.5) is 5.69 Å². The van der Waals surface area contributed by atoms with Crippen LogP contribution >= 0.6 is 12.4 Å². The highest BCUT2D eigenvalue weighted by Gasteiger charge is 2.34. The second kappa shape index (κ2) is 8.59. The number of para-hydroxylation sites is 1. The second-order valence-corrected chi connectivity index (χ2v) is 9.18. The molecule has 3 unspecified atom stereocenters. The van der Waals surface area contributed by atoms with E-state index in [1.54, 1.807) is 12.1 Å². The summed E-state index contributed by atoms with van der Waals surface area (Å²) in [6.45, 7) is 1.88. The van der Waals surface area contributed by atoms with Gasteiger partial charge in [-0.1, -0.05) is 18.2 Å². The number of piperidine rings is 1. The summed E-state index contributed by atoms with van der Waals surface area (Å²) in [6.07, 6.45) is 6.27. The van der Waals surface area contributed by atoms with Crippen LogP contribution in [0.2, 0.25) is 0 Å². The maximum Gasteiger partial charge on any atom is 0.229 e. The van der Waals surface area contributed by atoms with Crippen molar-refractivity contribution in [3.63, 3.8) is 0 Å². The first-order valence-electron chi connectivity index (χ1n) is 8.92. The van der Waals surface area contributed by atoms with Crippen LogP contribution in [0.5, 0.6) is 0 Å². The summed E-state index contributed by atoms with van der Waals surface area (Å²) < 4.78 is 25.6. The predicted octanol–water partition coefficient (Wildman–Crippen LogP) is 2.58. The standard InChI is InChI=1S/C18H27N3O3S.ClH/c1-12(16-5-3-4-6-17(16)21-25(2,23)24)19-18(22)11-13-9-14-7-8-15(10-13)20-14;/h3-6,12-15,20-21H,7-11H2,1-2H3,(H,19,22);1H. The molecular formula is C18H28ClN3O3S. The summed E-state index contributed by atoms with van der Waals surface area (Å²) in [5.41, 5.74) is 1.28. The van der Waals surface area contributed by atoms with Crippen molar-refractivity contribution in [2.24, 2.45) is 5.92 Å². The quantitative estimate of drug-likeness (QED) is 0.683. The van der Waals surface area contributed by atoms with Crippen LogP contribution in [0.1, 0.15) is 50.6 Å². The van der Waals surface area contributed by atoms with Crippen LogP contribution in [-0.2, 0) is 14.8 Å². The molecule has 0 spiro atoms. The highest BCUT2D eigenvalue weighted by molar-refractivity contribution is 7.92. The first kappa shape index (κ1) is 21.0. The Hall–Kier alpha value is -1.31. The number of fused-ring (bicyclic) bond motifs is 2. The first-order valence-corrected chi connectivity index (χ1v) is 10.8. The lowest BCUT2D eigenvalue weighted by atomic mass is 9.89. The average Bonchev–Trinajstić information content (AvgIpc) is 2.84. The Bertz CT molecular complexity index is 729. The number of hydrogen-bond acceptors (Lipinski definition) is 4. The molecule has 0 aromatic heterocycles.